The van der Waals surface area contributed by atoms with Crippen LogP contribution in [0.15, 0.2) is 29.2 Å². The zero-order valence-corrected chi connectivity index (χ0v) is 22.4. The zero-order valence-electron chi connectivity index (χ0n) is 20.8. The number of amides is 1. The number of primary sulfonamides is 1. The highest BCUT2D eigenvalue weighted by atomic mass is 35.5. The van der Waals surface area contributed by atoms with Crippen molar-refractivity contribution in [2.45, 2.75) is 93.2 Å². The summed E-state index contributed by atoms with van der Waals surface area (Å²) in [7, 11) is -3.67. The van der Waals surface area contributed by atoms with Crippen LogP contribution in [0.25, 0.3) is 0 Å². The van der Waals surface area contributed by atoms with E-state index < -0.39 is 10.0 Å². The van der Waals surface area contributed by atoms with Crippen LogP contribution < -0.4 is 21.5 Å². The lowest BCUT2D eigenvalue weighted by Gasteiger charge is -2.36. The zero-order chi connectivity index (χ0) is 25.4. The van der Waals surface area contributed by atoms with Gasteiger partial charge in [0.2, 0.25) is 15.9 Å². The normalized spacial score (nSPS) is 24.1. The predicted octanol–water partition coefficient (Wildman–Crippen LogP) is 2.30. The Morgan fingerprint density at radius 1 is 1.09 bits per heavy atom. The standard InChI is InChI=1S/C25H42ClN5O3S/c1-2-3-24(29-20-8-6-19(26)7-9-20)23(16-27)25(32)30-21-12-14-31(15-13-21)17-18-4-10-22(11-5-18)35(28,33)34/h4-5,10-11,19-21,23-24,29H,2-3,6-9,12-17,27H2,1H3,(H,30,32)(H2,28,33,34). The van der Waals surface area contributed by atoms with E-state index in [0.717, 1.165) is 76.6 Å². The van der Waals surface area contributed by atoms with Crippen molar-refractivity contribution < 1.29 is 13.2 Å². The van der Waals surface area contributed by atoms with Crippen LogP contribution in [0.1, 0.15) is 63.9 Å². The first-order valence-corrected chi connectivity index (χ1v) is 14.9. The van der Waals surface area contributed by atoms with Crippen LogP contribution in [0.3, 0.4) is 0 Å². The van der Waals surface area contributed by atoms with E-state index in [2.05, 4.69) is 22.5 Å². The van der Waals surface area contributed by atoms with Gasteiger partial charge in [-0.15, -0.1) is 11.6 Å². The maximum absolute atomic E-state index is 13.2. The molecule has 3 rings (SSSR count). The highest BCUT2D eigenvalue weighted by Crippen LogP contribution is 2.25. The van der Waals surface area contributed by atoms with E-state index in [-0.39, 0.29) is 34.2 Å². The summed E-state index contributed by atoms with van der Waals surface area (Å²) in [6.07, 6.45) is 7.83. The Morgan fingerprint density at radius 2 is 1.71 bits per heavy atom. The molecule has 1 aromatic rings. The van der Waals surface area contributed by atoms with E-state index >= 15 is 0 Å². The summed E-state index contributed by atoms with van der Waals surface area (Å²) < 4.78 is 22.9. The number of nitrogens with two attached hydrogens (primary N) is 2. The summed E-state index contributed by atoms with van der Waals surface area (Å²) >= 11 is 6.26. The van der Waals surface area contributed by atoms with Gasteiger partial charge < -0.3 is 16.4 Å². The van der Waals surface area contributed by atoms with Gasteiger partial charge in [0.25, 0.3) is 0 Å². The number of hydrogen-bond acceptors (Lipinski definition) is 6. The van der Waals surface area contributed by atoms with Crippen LogP contribution in [0.5, 0.6) is 0 Å². The minimum absolute atomic E-state index is 0.0570. The number of benzene rings is 1. The van der Waals surface area contributed by atoms with Crippen molar-refractivity contribution in [2.24, 2.45) is 16.8 Å². The first-order valence-electron chi connectivity index (χ1n) is 12.9. The molecule has 2 atom stereocenters. The highest BCUT2D eigenvalue weighted by molar-refractivity contribution is 7.89. The number of carbonyl (C=O) groups is 1. The van der Waals surface area contributed by atoms with Crippen molar-refractivity contribution in [1.29, 1.82) is 0 Å². The summed E-state index contributed by atoms with van der Waals surface area (Å²) in [4.78, 5) is 15.7. The molecule has 1 saturated heterocycles. The molecule has 10 heteroatoms. The van der Waals surface area contributed by atoms with Gasteiger partial charge in [-0.05, 0) is 62.6 Å². The fourth-order valence-corrected chi connectivity index (χ4v) is 6.04. The Hall–Kier alpha value is -1.23. The molecule has 6 N–H and O–H groups in total. The molecule has 0 bridgehead atoms. The number of carbonyl (C=O) groups excluding carboxylic acids is 1. The third-order valence-electron chi connectivity index (χ3n) is 7.37. The Labute approximate surface area is 215 Å². The van der Waals surface area contributed by atoms with Crippen LogP contribution in [-0.4, -0.2) is 62.4 Å². The Morgan fingerprint density at radius 3 is 2.26 bits per heavy atom. The van der Waals surface area contributed by atoms with Crippen LogP contribution in [0.2, 0.25) is 0 Å². The summed E-state index contributed by atoms with van der Waals surface area (Å²) in [6.45, 7) is 4.96. The summed E-state index contributed by atoms with van der Waals surface area (Å²) in [5.74, 6) is -0.180. The Kier molecular flexibility index (Phi) is 10.8. The molecule has 0 spiro atoms. The molecule has 198 valence electrons. The molecule has 2 unspecified atom stereocenters. The number of piperidine rings is 1. The molecule has 1 aromatic carbocycles. The van der Waals surface area contributed by atoms with Crippen molar-refractivity contribution in [3.8, 4) is 0 Å². The lowest BCUT2D eigenvalue weighted by molar-refractivity contribution is -0.126. The smallest absolute Gasteiger partial charge is 0.238 e. The van der Waals surface area contributed by atoms with Gasteiger partial charge in [-0.1, -0.05) is 25.5 Å². The molecule has 2 aliphatic rings. The van der Waals surface area contributed by atoms with Crippen molar-refractivity contribution in [3.05, 3.63) is 29.8 Å². The van der Waals surface area contributed by atoms with E-state index in [1.54, 1.807) is 24.3 Å². The molecule has 1 saturated carbocycles. The number of hydrogen-bond donors (Lipinski definition) is 4. The SMILES string of the molecule is CCCC(NC1CCC(Cl)CC1)C(CN)C(=O)NC1CCN(Cc2ccc(S(N)(=O)=O)cc2)CC1. The minimum Gasteiger partial charge on any atom is -0.353 e. The van der Waals surface area contributed by atoms with Gasteiger partial charge in [0.15, 0.2) is 0 Å². The summed E-state index contributed by atoms with van der Waals surface area (Å²) in [5.41, 5.74) is 7.15. The fourth-order valence-electron chi connectivity index (χ4n) is 5.27. The maximum atomic E-state index is 13.2. The number of nitrogens with zero attached hydrogens (tertiary/aromatic N) is 1. The minimum atomic E-state index is -3.67. The molecule has 1 heterocycles. The Balaban J connectivity index is 1.48. The molecular weight excluding hydrogens is 486 g/mol. The Bertz CT molecular complexity index is 898. The predicted molar refractivity (Wildman–Crippen MR) is 141 cm³/mol. The van der Waals surface area contributed by atoms with E-state index in [1.165, 1.54) is 0 Å². The van der Waals surface area contributed by atoms with E-state index in [9.17, 15) is 13.2 Å². The maximum Gasteiger partial charge on any atom is 0.238 e. The lowest BCUT2D eigenvalue weighted by atomic mass is 9.89. The number of alkyl halides is 1. The van der Waals surface area contributed by atoms with Gasteiger partial charge in [-0.25, -0.2) is 13.6 Å². The molecule has 1 aliphatic carbocycles. The van der Waals surface area contributed by atoms with E-state index in [0.29, 0.717) is 12.6 Å². The average molecular weight is 528 g/mol. The van der Waals surface area contributed by atoms with Gasteiger partial charge >= 0.3 is 0 Å². The van der Waals surface area contributed by atoms with Crippen molar-refractivity contribution in [1.82, 2.24) is 15.5 Å². The van der Waals surface area contributed by atoms with Crippen molar-refractivity contribution >= 4 is 27.5 Å². The number of rotatable bonds is 11. The van der Waals surface area contributed by atoms with Crippen molar-refractivity contribution in [3.63, 3.8) is 0 Å². The quantitative estimate of drug-likeness (QED) is 0.327. The molecule has 35 heavy (non-hydrogen) atoms. The first kappa shape index (κ1) is 28.3. The largest absolute Gasteiger partial charge is 0.353 e. The van der Waals surface area contributed by atoms with Crippen molar-refractivity contribution in [2.75, 3.05) is 19.6 Å². The van der Waals surface area contributed by atoms with Gasteiger partial charge in [0.1, 0.15) is 0 Å². The van der Waals surface area contributed by atoms with Gasteiger partial charge in [0, 0.05) is 49.7 Å². The summed E-state index contributed by atoms with van der Waals surface area (Å²) in [5, 5.41) is 12.5. The van der Waals surface area contributed by atoms with Gasteiger partial charge in [0.05, 0.1) is 10.8 Å². The molecule has 1 aliphatic heterocycles. The first-order chi connectivity index (χ1) is 16.7. The number of sulfonamides is 1. The van der Waals surface area contributed by atoms with Crippen LogP contribution >= 0.6 is 11.6 Å². The second-order valence-corrected chi connectivity index (χ2v) is 12.3. The van der Waals surface area contributed by atoms with Crippen LogP contribution in [0.4, 0.5) is 0 Å². The summed E-state index contributed by atoms with van der Waals surface area (Å²) in [6, 6.07) is 7.35. The molecule has 2 fully saturated rings. The van der Waals surface area contributed by atoms with Crippen LogP contribution in [-0.2, 0) is 21.4 Å². The molecule has 0 aromatic heterocycles. The second-order valence-electron chi connectivity index (χ2n) is 10.1. The number of nitrogens with one attached hydrogen (secondary N) is 2. The molecule has 8 nitrogen and oxygen atoms in total. The second kappa shape index (κ2) is 13.4. The monoisotopic (exact) mass is 527 g/mol. The molecular formula is C25H42ClN5O3S. The lowest BCUT2D eigenvalue weighted by Crippen LogP contribution is -2.54. The third-order valence-corrected chi connectivity index (χ3v) is 8.74. The highest BCUT2D eigenvalue weighted by Gasteiger charge is 2.31. The fraction of sp³-hybridized carbons (Fsp3) is 0.720. The number of halogens is 1. The molecule has 1 amide bonds. The third kappa shape index (κ3) is 8.68. The molecule has 0 radical (unpaired) electrons. The topological polar surface area (TPSA) is 131 Å². The van der Waals surface area contributed by atoms with Gasteiger partial charge in [-0.3, -0.25) is 9.69 Å². The average Bonchev–Trinajstić information content (AvgIpc) is 2.82. The van der Waals surface area contributed by atoms with Crippen LogP contribution in [0, 0.1) is 5.92 Å². The number of likely N-dealkylation sites (tertiary alicyclic amines) is 1. The van der Waals surface area contributed by atoms with E-state index in [4.69, 9.17) is 22.5 Å². The van der Waals surface area contributed by atoms with E-state index in [1.807, 2.05) is 0 Å². The van der Waals surface area contributed by atoms with Gasteiger partial charge in [-0.2, -0.15) is 0 Å².